The smallest absolute Gasteiger partial charge is 0.255 e. The Morgan fingerprint density at radius 2 is 1.54 bits per heavy atom. The largest absolute Gasteiger partial charge is 0.340 e. The second-order valence-corrected chi connectivity index (χ2v) is 10.5. The molecule has 3 amide bonds. The molecule has 0 aromatic heterocycles. The maximum absolute atomic E-state index is 14.2. The van der Waals surface area contributed by atoms with Crippen molar-refractivity contribution in [3.8, 4) is 0 Å². The Bertz CT molecular complexity index is 1160. The number of hydrogen-bond acceptors (Lipinski definition) is 4. The van der Waals surface area contributed by atoms with E-state index in [1.807, 2.05) is 79.1 Å². The van der Waals surface area contributed by atoms with Crippen LogP contribution in [0.4, 0.5) is 0 Å². The fraction of sp³-hybridized carbons (Fsp3) is 0.464. The number of carbonyl (C=O) groups is 3. The van der Waals surface area contributed by atoms with E-state index < -0.39 is 11.5 Å². The van der Waals surface area contributed by atoms with Gasteiger partial charge < -0.3 is 19.6 Å². The summed E-state index contributed by atoms with van der Waals surface area (Å²) in [4.78, 5) is 49.2. The van der Waals surface area contributed by atoms with Crippen molar-refractivity contribution in [3.63, 3.8) is 0 Å². The van der Waals surface area contributed by atoms with Crippen molar-refractivity contribution in [1.29, 1.82) is 0 Å². The van der Waals surface area contributed by atoms with Crippen LogP contribution in [0.15, 0.2) is 48.5 Å². The minimum atomic E-state index is -0.752. The molecule has 5 rings (SSSR count). The number of aryl methyl sites for hydroxylation is 1. The van der Waals surface area contributed by atoms with E-state index in [2.05, 4.69) is 11.9 Å². The highest BCUT2D eigenvalue weighted by atomic mass is 16.2. The van der Waals surface area contributed by atoms with Crippen LogP contribution in [0.2, 0.25) is 0 Å². The summed E-state index contributed by atoms with van der Waals surface area (Å²) in [6, 6.07) is 15.0. The zero-order valence-corrected chi connectivity index (χ0v) is 21.0. The average molecular weight is 475 g/mol. The van der Waals surface area contributed by atoms with Gasteiger partial charge in [-0.1, -0.05) is 36.4 Å². The average Bonchev–Trinajstić information content (AvgIpc) is 2.82. The minimum absolute atomic E-state index is 0.0467. The number of rotatable bonds is 3. The third kappa shape index (κ3) is 3.73. The SMILES string of the molecule is Cc1ccccc1C(=O)N1CC2(C1)C(C(=O)N1CCN(C)CC1)c1ccccc1C(=O)N2C(C)C. The number of nitrogens with zero attached hydrogens (tertiary/aromatic N) is 4. The number of amides is 3. The van der Waals surface area contributed by atoms with E-state index in [0.717, 1.165) is 24.2 Å². The lowest BCUT2D eigenvalue weighted by Crippen LogP contribution is -2.78. The molecular formula is C28H34N4O3. The summed E-state index contributed by atoms with van der Waals surface area (Å²) in [5, 5.41) is 0. The summed E-state index contributed by atoms with van der Waals surface area (Å²) in [7, 11) is 2.07. The molecule has 3 aliphatic rings. The number of piperazine rings is 1. The van der Waals surface area contributed by atoms with Gasteiger partial charge in [0.1, 0.15) is 0 Å². The molecule has 7 nitrogen and oxygen atoms in total. The van der Waals surface area contributed by atoms with Gasteiger partial charge in [-0.15, -0.1) is 0 Å². The number of hydrogen-bond donors (Lipinski definition) is 0. The maximum atomic E-state index is 14.2. The predicted molar refractivity (Wildman–Crippen MR) is 134 cm³/mol. The summed E-state index contributed by atoms with van der Waals surface area (Å²) in [6.45, 7) is 9.63. The number of likely N-dealkylation sites (tertiary alicyclic amines) is 1. The molecule has 0 saturated carbocycles. The normalized spacial score (nSPS) is 21.8. The van der Waals surface area contributed by atoms with Crippen LogP contribution >= 0.6 is 0 Å². The van der Waals surface area contributed by atoms with Gasteiger partial charge in [-0.25, -0.2) is 0 Å². The highest BCUT2D eigenvalue weighted by molar-refractivity contribution is 6.03. The highest BCUT2D eigenvalue weighted by Gasteiger charge is 2.62. The quantitative estimate of drug-likeness (QED) is 0.686. The van der Waals surface area contributed by atoms with Crippen molar-refractivity contribution in [2.24, 2.45) is 0 Å². The van der Waals surface area contributed by atoms with Crippen LogP contribution < -0.4 is 0 Å². The standard InChI is InChI=1S/C28H34N4O3/c1-19(2)32-26(34)23-12-8-7-11-22(23)24(27(35)30-15-13-29(4)14-16-30)28(32)17-31(18-28)25(33)21-10-6-5-9-20(21)3/h5-12,19,24H,13-18H2,1-4H3. The van der Waals surface area contributed by atoms with Crippen LogP contribution in [0.1, 0.15) is 51.6 Å². The van der Waals surface area contributed by atoms with Crippen LogP contribution in [-0.2, 0) is 4.79 Å². The fourth-order valence-electron chi connectivity index (χ4n) is 6.10. The Kier molecular flexibility index (Phi) is 5.91. The van der Waals surface area contributed by atoms with E-state index in [0.29, 0.717) is 37.3 Å². The van der Waals surface area contributed by atoms with E-state index in [1.165, 1.54) is 0 Å². The summed E-state index contributed by atoms with van der Waals surface area (Å²) < 4.78 is 0. The number of fused-ring (bicyclic) bond motifs is 1. The van der Waals surface area contributed by atoms with Gasteiger partial charge in [0.15, 0.2) is 0 Å². The number of likely N-dealkylation sites (N-methyl/N-ethyl adjacent to an activating group) is 1. The Morgan fingerprint density at radius 1 is 0.914 bits per heavy atom. The molecule has 3 aliphatic heterocycles. The maximum Gasteiger partial charge on any atom is 0.255 e. The molecule has 35 heavy (non-hydrogen) atoms. The fourth-order valence-corrected chi connectivity index (χ4v) is 6.10. The first-order valence-electron chi connectivity index (χ1n) is 12.5. The third-order valence-corrected chi connectivity index (χ3v) is 7.91. The number of carbonyl (C=O) groups excluding carboxylic acids is 3. The van der Waals surface area contributed by atoms with Gasteiger partial charge >= 0.3 is 0 Å². The van der Waals surface area contributed by atoms with Crippen molar-refractivity contribution in [2.45, 2.75) is 38.3 Å². The Labute approximate surface area is 207 Å². The Morgan fingerprint density at radius 3 is 2.20 bits per heavy atom. The molecule has 2 aromatic rings. The van der Waals surface area contributed by atoms with Gasteiger partial charge in [0.2, 0.25) is 5.91 Å². The van der Waals surface area contributed by atoms with Crippen molar-refractivity contribution in [1.82, 2.24) is 19.6 Å². The van der Waals surface area contributed by atoms with Crippen LogP contribution in [0, 0.1) is 6.92 Å². The molecule has 3 heterocycles. The van der Waals surface area contributed by atoms with Crippen LogP contribution in [-0.4, -0.2) is 95.2 Å². The summed E-state index contributed by atoms with van der Waals surface area (Å²) in [5.74, 6) is -0.537. The van der Waals surface area contributed by atoms with Gasteiger partial charge in [0, 0.05) is 56.4 Å². The summed E-state index contributed by atoms with van der Waals surface area (Å²) >= 11 is 0. The molecule has 2 aromatic carbocycles. The molecule has 0 radical (unpaired) electrons. The molecule has 1 spiro atoms. The highest BCUT2D eigenvalue weighted by Crippen LogP contribution is 2.48. The second kappa shape index (κ2) is 8.79. The molecule has 2 saturated heterocycles. The second-order valence-electron chi connectivity index (χ2n) is 10.5. The van der Waals surface area contributed by atoms with Crippen LogP contribution in [0.5, 0.6) is 0 Å². The minimum Gasteiger partial charge on any atom is -0.340 e. The molecule has 2 fully saturated rings. The van der Waals surface area contributed by atoms with E-state index in [9.17, 15) is 14.4 Å². The molecule has 0 bridgehead atoms. The van der Waals surface area contributed by atoms with Crippen molar-refractivity contribution in [2.75, 3.05) is 46.3 Å². The van der Waals surface area contributed by atoms with E-state index in [1.54, 1.807) is 4.90 Å². The first kappa shape index (κ1) is 23.5. The topological polar surface area (TPSA) is 64.2 Å². The van der Waals surface area contributed by atoms with Gasteiger partial charge in [-0.2, -0.15) is 0 Å². The molecule has 1 unspecified atom stereocenters. The zero-order chi connectivity index (χ0) is 24.9. The Hall–Kier alpha value is -3.19. The molecule has 0 N–H and O–H groups in total. The van der Waals surface area contributed by atoms with Crippen LogP contribution in [0.25, 0.3) is 0 Å². The van der Waals surface area contributed by atoms with Crippen LogP contribution in [0.3, 0.4) is 0 Å². The summed E-state index contributed by atoms with van der Waals surface area (Å²) in [5.41, 5.74) is 2.24. The van der Waals surface area contributed by atoms with E-state index in [-0.39, 0.29) is 23.8 Å². The van der Waals surface area contributed by atoms with E-state index in [4.69, 9.17) is 0 Å². The molecular weight excluding hydrogens is 440 g/mol. The Balaban J connectivity index is 1.55. The van der Waals surface area contributed by atoms with Gasteiger partial charge in [0.25, 0.3) is 11.8 Å². The lowest BCUT2D eigenvalue weighted by atomic mass is 9.66. The van der Waals surface area contributed by atoms with Gasteiger partial charge in [-0.05, 0) is 51.1 Å². The van der Waals surface area contributed by atoms with Crippen molar-refractivity contribution >= 4 is 17.7 Å². The van der Waals surface area contributed by atoms with Gasteiger partial charge in [0.05, 0.1) is 11.5 Å². The lowest BCUT2D eigenvalue weighted by molar-refractivity contribution is -0.144. The molecule has 0 aliphatic carbocycles. The number of benzene rings is 2. The molecule has 7 heteroatoms. The van der Waals surface area contributed by atoms with Crippen molar-refractivity contribution in [3.05, 3.63) is 70.8 Å². The van der Waals surface area contributed by atoms with E-state index >= 15 is 0 Å². The first-order valence-corrected chi connectivity index (χ1v) is 12.5. The predicted octanol–water partition coefficient (Wildman–Crippen LogP) is 2.61. The van der Waals surface area contributed by atoms with Gasteiger partial charge in [-0.3, -0.25) is 14.4 Å². The molecule has 1 atom stereocenters. The first-order chi connectivity index (χ1) is 16.7. The third-order valence-electron chi connectivity index (χ3n) is 7.91. The lowest BCUT2D eigenvalue weighted by Gasteiger charge is -2.62. The summed E-state index contributed by atoms with van der Waals surface area (Å²) in [6.07, 6.45) is 0. The molecule has 184 valence electrons. The monoisotopic (exact) mass is 474 g/mol. The van der Waals surface area contributed by atoms with Crippen molar-refractivity contribution < 1.29 is 14.4 Å². The zero-order valence-electron chi connectivity index (χ0n) is 21.0.